The number of hydrogen-bond donors (Lipinski definition) is 2. The van der Waals surface area contributed by atoms with Crippen LogP contribution in [-0.2, 0) is 11.2 Å². The summed E-state index contributed by atoms with van der Waals surface area (Å²) in [5, 5.41) is 8.18. The third-order valence-corrected chi connectivity index (χ3v) is 6.24. The van der Waals surface area contributed by atoms with Crippen LogP contribution in [0.5, 0.6) is 0 Å². The van der Waals surface area contributed by atoms with Crippen LogP contribution in [0.1, 0.15) is 24.0 Å². The fourth-order valence-electron chi connectivity index (χ4n) is 4.52. The zero-order valence-electron chi connectivity index (χ0n) is 16.9. The summed E-state index contributed by atoms with van der Waals surface area (Å²) in [6.45, 7) is 6.80. The Hall–Kier alpha value is -2.61. The summed E-state index contributed by atoms with van der Waals surface area (Å²) in [6.07, 6.45) is 6.16. The molecule has 2 aliphatic heterocycles. The number of likely N-dealkylation sites (tertiary alicyclic amines) is 1. The van der Waals surface area contributed by atoms with Crippen LogP contribution in [0.25, 0.3) is 10.9 Å². The number of carbonyl (C=O) groups excluding carboxylic acids is 2. The number of fused-ring (bicyclic) bond motifs is 1. The second-order valence-electron chi connectivity index (χ2n) is 8.07. The third-order valence-electron chi connectivity index (χ3n) is 6.24. The first-order valence-corrected chi connectivity index (χ1v) is 10.3. The number of H-pyrrole nitrogens is 1. The Balaban J connectivity index is 1.24. The first kappa shape index (κ1) is 19.7. The largest absolute Gasteiger partial charge is 0.351 e. The van der Waals surface area contributed by atoms with Crippen molar-refractivity contribution in [2.45, 2.75) is 32.2 Å². The summed E-state index contributed by atoms with van der Waals surface area (Å²) in [7, 11) is 0. The van der Waals surface area contributed by atoms with Gasteiger partial charge in [-0.2, -0.15) is 5.10 Å². The van der Waals surface area contributed by atoms with Gasteiger partial charge in [0.05, 0.1) is 18.1 Å². The van der Waals surface area contributed by atoms with E-state index in [1.165, 1.54) is 0 Å². The van der Waals surface area contributed by atoms with Crippen molar-refractivity contribution in [3.8, 4) is 0 Å². The maximum absolute atomic E-state index is 12.6. The smallest absolute Gasteiger partial charge is 0.314 e. The molecule has 0 bridgehead atoms. The van der Waals surface area contributed by atoms with Gasteiger partial charge in [0, 0.05) is 50.7 Å². The molecular formula is C21H29N6O2. The molecule has 4 rings (SSSR count). The number of nitrogens with two attached hydrogens (primary N) is 1. The third kappa shape index (κ3) is 4.37. The van der Waals surface area contributed by atoms with Crippen LogP contribution in [-0.4, -0.2) is 82.1 Å². The van der Waals surface area contributed by atoms with E-state index in [9.17, 15) is 9.59 Å². The number of nitrogens with zero attached hydrogens (tertiary/aromatic N) is 4. The molecular weight excluding hydrogens is 368 g/mol. The van der Waals surface area contributed by atoms with Gasteiger partial charge in [-0.3, -0.25) is 14.8 Å². The first-order chi connectivity index (χ1) is 14.0. The highest BCUT2D eigenvalue weighted by molar-refractivity contribution is 5.86. The number of amides is 3. The zero-order chi connectivity index (χ0) is 20.4. The fourth-order valence-corrected chi connectivity index (χ4v) is 4.52. The molecule has 1 aromatic carbocycles. The maximum Gasteiger partial charge on any atom is 0.314 e. The van der Waals surface area contributed by atoms with Crippen LogP contribution >= 0.6 is 0 Å². The summed E-state index contributed by atoms with van der Waals surface area (Å²) >= 11 is 0. The monoisotopic (exact) mass is 397 g/mol. The van der Waals surface area contributed by atoms with Gasteiger partial charge in [-0.25, -0.2) is 4.79 Å². The molecule has 0 saturated carbocycles. The minimum atomic E-state index is -0.323. The number of aryl methyl sites for hydroxylation is 1. The minimum absolute atomic E-state index is 0.109. The molecule has 3 amide bonds. The molecule has 2 aromatic rings. The number of piperidine rings is 1. The number of carbonyl (C=O) groups is 2. The van der Waals surface area contributed by atoms with Crippen LogP contribution in [0.15, 0.2) is 18.3 Å². The molecule has 1 radical (unpaired) electrons. The molecule has 2 saturated heterocycles. The van der Waals surface area contributed by atoms with E-state index in [2.05, 4.69) is 34.2 Å². The Morgan fingerprint density at radius 2 is 1.86 bits per heavy atom. The Kier molecular flexibility index (Phi) is 5.71. The topological polar surface area (TPSA) is 98.6 Å². The molecule has 155 valence electrons. The molecule has 0 aliphatic carbocycles. The van der Waals surface area contributed by atoms with E-state index in [0.29, 0.717) is 12.5 Å². The van der Waals surface area contributed by atoms with E-state index in [0.717, 1.165) is 74.1 Å². The van der Waals surface area contributed by atoms with Gasteiger partial charge in [0.25, 0.3) is 0 Å². The van der Waals surface area contributed by atoms with Gasteiger partial charge in [0.2, 0.25) is 5.91 Å². The molecule has 8 heteroatoms. The summed E-state index contributed by atoms with van der Waals surface area (Å²) in [4.78, 5) is 30.0. The van der Waals surface area contributed by atoms with Crippen molar-refractivity contribution in [1.82, 2.24) is 24.9 Å². The van der Waals surface area contributed by atoms with Gasteiger partial charge in [0.15, 0.2) is 0 Å². The lowest BCUT2D eigenvalue weighted by atomic mass is 10.0. The predicted molar refractivity (Wildman–Crippen MR) is 111 cm³/mol. The number of nitrogens with one attached hydrogen (secondary N) is 1. The van der Waals surface area contributed by atoms with E-state index in [1.54, 1.807) is 11.3 Å². The average molecular weight is 398 g/mol. The summed E-state index contributed by atoms with van der Waals surface area (Å²) in [5.41, 5.74) is 8.69. The van der Waals surface area contributed by atoms with Crippen molar-refractivity contribution in [3.05, 3.63) is 35.9 Å². The number of urea groups is 1. The number of aromatic amines is 1. The molecule has 1 aromatic heterocycles. The van der Waals surface area contributed by atoms with Crippen molar-refractivity contribution in [2.75, 3.05) is 39.3 Å². The lowest BCUT2D eigenvalue weighted by Gasteiger charge is -2.42. The molecule has 3 N–H and O–H groups in total. The summed E-state index contributed by atoms with van der Waals surface area (Å²) < 4.78 is 0. The van der Waals surface area contributed by atoms with Crippen LogP contribution < -0.4 is 5.73 Å². The standard InChI is InChI=1S/C21H29N6O2/c1-15-12-16(13-17-14-23-24-20(15)17)2-3-19(28)26-10-8-25(9-11-26)18-4-6-27(7-5-18)21(22)29/h3,12-14,18H,2,4-11H2,1H3,(H2,22,29)(H,23,24). The normalized spacial score (nSPS) is 19.1. The highest BCUT2D eigenvalue weighted by atomic mass is 16.2. The Morgan fingerprint density at radius 3 is 2.55 bits per heavy atom. The molecule has 0 unspecified atom stereocenters. The molecule has 3 heterocycles. The van der Waals surface area contributed by atoms with Crippen molar-refractivity contribution < 1.29 is 9.59 Å². The van der Waals surface area contributed by atoms with E-state index in [-0.39, 0.29) is 11.9 Å². The first-order valence-electron chi connectivity index (χ1n) is 10.3. The van der Waals surface area contributed by atoms with E-state index >= 15 is 0 Å². The number of benzene rings is 1. The lowest BCUT2D eigenvalue weighted by molar-refractivity contribution is -0.129. The minimum Gasteiger partial charge on any atom is -0.351 e. The van der Waals surface area contributed by atoms with Crippen molar-refractivity contribution in [1.29, 1.82) is 0 Å². The highest BCUT2D eigenvalue weighted by Gasteiger charge is 2.29. The quantitative estimate of drug-likeness (QED) is 0.813. The number of hydrogen-bond acceptors (Lipinski definition) is 4. The molecule has 0 spiro atoms. The fraction of sp³-hybridized carbons (Fsp3) is 0.524. The van der Waals surface area contributed by atoms with Crippen LogP contribution in [0.3, 0.4) is 0 Å². The Bertz CT molecular complexity index is 878. The molecule has 2 fully saturated rings. The molecule has 29 heavy (non-hydrogen) atoms. The SMILES string of the molecule is Cc1cc(C[CH]C(=O)N2CCN(C3CCN(C(N)=O)CC3)CC2)cc2cn[nH]c12. The van der Waals surface area contributed by atoms with Gasteiger partial charge in [-0.1, -0.05) is 6.07 Å². The highest BCUT2D eigenvalue weighted by Crippen LogP contribution is 2.20. The number of primary amides is 1. The van der Waals surface area contributed by atoms with Gasteiger partial charge in [-0.05, 0) is 43.4 Å². The number of piperazine rings is 1. The van der Waals surface area contributed by atoms with Gasteiger partial charge < -0.3 is 15.5 Å². The second kappa shape index (κ2) is 8.41. The van der Waals surface area contributed by atoms with Crippen molar-refractivity contribution >= 4 is 22.8 Å². The molecule has 8 nitrogen and oxygen atoms in total. The number of aromatic nitrogens is 2. The van der Waals surface area contributed by atoms with E-state index in [1.807, 2.05) is 11.1 Å². The van der Waals surface area contributed by atoms with Gasteiger partial charge in [0.1, 0.15) is 0 Å². The van der Waals surface area contributed by atoms with Crippen LogP contribution in [0, 0.1) is 13.3 Å². The molecule has 2 aliphatic rings. The zero-order valence-corrected chi connectivity index (χ0v) is 16.9. The molecule has 0 atom stereocenters. The lowest BCUT2D eigenvalue weighted by Crippen LogP contribution is -2.55. The van der Waals surface area contributed by atoms with Crippen molar-refractivity contribution in [3.63, 3.8) is 0 Å². The Morgan fingerprint density at radius 1 is 1.14 bits per heavy atom. The summed E-state index contributed by atoms with van der Waals surface area (Å²) in [6, 6.07) is 4.36. The van der Waals surface area contributed by atoms with E-state index in [4.69, 9.17) is 5.73 Å². The maximum atomic E-state index is 12.6. The second-order valence-corrected chi connectivity index (χ2v) is 8.07. The van der Waals surface area contributed by atoms with E-state index < -0.39 is 0 Å². The van der Waals surface area contributed by atoms with Gasteiger partial charge in [-0.15, -0.1) is 0 Å². The van der Waals surface area contributed by atoms with Crippen LogP contribution in [0.4, 0.5) is 4.79 Å². The van der Waals surface area contributed by atoms with Gasteiger partial charge >= 0.3 is 6.03 Å². The van der Waals surface area contributed by atoms with Crippen molar-refractivity contribution in [2.24, 2.45) is 5.73 Å². The predicted octanol–water partition coefficient (Wildman–Crippen LogP) is 1.31. The van der Waals surface area contributed by atoms with Crippen LogP contribution in [0.2, 0.25) is 0 Å². The Labute approximate surface area is 171 Å². The average Bonchev–Trinajstić information content (AvgIpc) is 3.21. The summed E-state index contributed by atoms with van der Waals surface area (Å²) in [5.74, 6) is 0.109. The number of rotatable bonds is 4.